The van der Waals surface area contributed by atoms with E-state index in [-0.39, 0.29) is 6.04 Å². The van der Waals surface area contributed by atoms with Crippen LogP contribution in [0.15, 0.2) is 28.7 Å². The number of benzene rings is 1. The van der Waals surface area contributed by atoms with Crippen LogP contribution in [0.25, 0.3) is 0 Å². The molecule has 0 bridgehead atoms. The van der Waals surface area contributed by atoms with Gasteiger partial charge in [-0.1, -0.05) is 34.1 Å². The maximum Gasteiger partial charge on any atom is 0.141 e. The molecule has 1 heterocycles. The van der Waals surface area contributed by atoms with Gasteiger partial charge in [-0.15, -0.1) is 0 Å². The zero-order valence-electron chi connectivity index (χ0n) is 7.13. The number of halogens is 2. The van der Waals surface area contributed by atoms with Crippen LogP contribution in [0.4, 0.5) is 4.39 Å². The second kappa shape index (κ2) is 3.76. The molecule has 0 radical (unpaired) electrons. The van der Waals surface area contributed by atoms with Crippen molar-refractivity contribution in [1.29, 1.82) is 0 Å². The first-order valence-corrected chi connectivity index (χ1v) is 5.20. The summed E-state index contributed by atoms with van der Waals surface area (Å²) < 4.78 is 14.6. The molecule has 2 unspecified atom stereocenters. The fraction of sp³-hybridized carbons (Fsp3) is 0.400. The Hall–Kier alpha value is -0.410. The summed E-state index contributed by atoms with van der Waals surface area (Å²) in [5.41, 5.74) is 0.750. The molecule has 3 heteroatoms. The highest BCUT2D eigenvalue weighted by Gasteiger charge is 2.28. The second-order valence-corrected chi connectivity index (χ2v) is 4.13. The molecule has 0 aliphatic carbocycles. The summed E-state index contributed by atoms with van der Waals surface area (Å²) in [4.78, 5) is 0. The third-order valence-electron chi connectivity index (χ3n) is 2.42. The SMILES string of the molecule is FC(c1ccccc1Br)C1CCN1. The van der Waals surface area contributed by atoms with Gasteiger partial charge in [0.15, 0.2) is 0 Å². The van der Waals surface area contributed by atoms with Gasteiger partial charge in [-0.2, -0.15) is 0 Å². The lowest BCUT2D eigenvalue weighted by Gasteiger charge is -2.31. The number of nitrogens with one attached hydrogen (secondary N) is 1. The van der Waals surface area contributed by atoms with E-state index in [1.54, 1.807) is 0 Å². The molecular formula is C10H11BrFN. The van der Waals surface area contributed by atoms with Crippen LogP contribution in [0.2, 0.25) is 0 Å². The van der Waals surface area contributed by atoms with Crippen LogP contribution in [0.3, 0.4) is 0 Å². The average molecular weight is 244 g/mol. The molecule has 1 aliphatic heterocycles. The summed E-state index contributed by atoms with van der Waals surface area (Å²) in [5, 5.41) is 3.08. The van der Waals surface area contributed by atoms with Gasteiger partial charge >= 0.3 is 0 Å². The molecule has 1 fully saturated rings. The van der Waals surface area contributed by atoms with E-state index in [1.807, 2.05) is 24.3 Å². The van der Waals surface area contributed by atoms with Crippen LogP contribution >= 0.6 is 15.9 Å². The summed E-state index contributed by atoms with van der Waals surface area (Å²) in [6, 6.07) is 7.48. The van der Waals surface area contributed by atoms with Gasteiger partial charge in [0.1, 0.15) is 6.17 Å². The largest absolute Gasteiger partial charge is 0.311 e. The summed E-state index contributed by atoms with van der Waals surface area (Å²) in [7, 11) is 0. The van der Waals surface area contributed by atoms with Gasteiger partial charge in [-0.05, 0) is 19.0 Å². The van der Waals surface area contributed by atoms with Gasteiger partial charge in [0.25, 0.3) is 0 Å². The van der Waals surface area contributed by atoms with E-state index in [9.17, 15) is 4.39 Å². The van der Waals surface area contributed by atoms with Crippen molar-refractivity contribution in [2.45, 2.75) is 18.6 Å². The first-order valence-electron chi connectivity index (χ1n) is 4.41. The van der Waals surface area contributed by atoms with Crippen LogP contribution in [-0.4, -0.2) is 12.6 Å². The predicted molar refractivity (Wildman–Crippen MR) is 54.4 cm³/mol. The van der Waals surface area contributed by atoms with Crippen molar-refractivity contribution in [2.75, 3.05) is 6.54 Å². The second-order valence-electron chi connectivity index (χ2n) is 3.27. The van der Waals surface area contributed by atoms with Crippen LogP contribution in [0.1, 0.15) is 18.2 Å². The van der Waals surface area contributed by atoms with Crippen molar-refractivity contribution in [1.82, 2.24) is 5.32 Å². The molecule has 2 atom stereocenters. The van der Waals surface area contributed by atoms with Gasteiger partial charge < -0.3 is 5.32 Å². The highest BCUT2D eigenvalue weighted by molar-refractivity contribution is 9.10. The zero-order chi connectivity index (χ0) is 9.26. The van der Waals surface area contributed by atoms with Crippen molar-refractivity contribution in [3.63, 3.8) is 0 Å². The van der Waals surface area contributed by atoms with Gasteiger partial charge in [0.05, 0.1) is 0 Å². The number of hydrogen-bond acceptors (Lipinski definition) is 1. The van der Waals surface area contributed by atoms with E-state index in [4.69, 9.17) is 0 Å². The molecule has 2 rings (SSSR count). The van der Waals surface area contributed by atoms with Crippen LogP contribution < -0.4 is 5.32 Å². The molecule has 1 N–H and O–H groups in total. The molecule has 1 aromatic rings. The predicted octanol–water partition coefficient (Wildman–Crippen LogP) is 2.82. The summed E-state index contributed by atoms with van der Waals surface area (Å²) in [6.07, 6.45) is 0.0482. The maximum atomic E-state index is 13.7. The van der Waals surface area contributed by atoms with Gasteiger partial charge in [-0.25, -0.2) is 4.39 Å². The highest BCUT2D eigenvalue weighted by Crippen LogP contribution is 2.31. The Kier molecular flexibility index (Phi) is 2.65. The minimum absolute atomic E-state index is 0.0127. The standard InChI is InChI=1S/C10H11BrFN/c11-8-4-2-1-3-7(8)10(12)9-5-6-13-9/h1-4,9-10,13H,5-6H2. The normalized spacial score (nSPS) is 23.7. The van der Waals surface area contributed by atoms with Crippen molar-refractivity contribution < 1.29 is 4.39 Å². The first-order chi connectivity index (χ1) is 6.29. The number of rotatable bonds is 2. The molecule has 0 spiro atoms. The minimum Gasteiger partial charge on any atom is -0.311 e. The van der Waals surface area contributed by atoms with E-state index < -0.39 is 6.17 Å². The van der Waals surface area contributed by atoms with Crippen molar-refractivity contribution >= 4 is 15.9 Å². The molecule has 0 amide bonds. The van der Waals surface area contributed by atoms with Crippen molar-refractivity contribution in [3.8, 4) is 0 Å². The maximum absolute atomic E-state index is 13.7. The minimum atomic E-state index is -0.885. The Bertz CT molecular complexity index is 299. The molecule has 13 heavy (non-hydrogen) atoms. The zero-order valence-corrected chi connectivity index (χ0v) is 8.72. The molecular weight excluding hydrogens is 233 g/mol. The summed E-state index contributed by atoms with van der Waals surface area (Å²) in [5.74, 6) is 0. The lowest BCUT2D eigenvalue weighted by molar-refractivity contribution is 0.194. The van der Waals surface area contributed by atoms with Gasteiger partial charge in [0, 0.05) is 16.1 Å². The van der Waals surface area contributed by atoms with E-state index >= 15 is 0 Å². The Balaban J connectivity index is 2.18. The first kappa shape index (κ1) is 9.16. The third kappa shape index (κ3) is 1.76. The Morgan fingerprint density at radius 3 is 2.69 bits per heavy atom. The number of alkyl halides is 1. The molecule has 1 nitrogen and oxygen atoms in total. The summed E-state index contributed by atoms with van der Waals surface area (Å²) >= 11 is 3.35. The Labute approximate surface area is 85.5 Å². The molecule has 70 valence electrons. The van der Waals surface area contributed by atoms with E-state index in [1.165, 1.54) is 0 Å². The molecule has 0 aromatic heterocycles. The van der Waals surface area contributed by atoms with Crippen LogP contribution in [0.5, 0.6) is 0 Å². The van der Waals surface area contributed by atoms with E-state index in [0.717, 1.165) is 23.0 Å². The van der Waals surface area contributed by atoms with Crippen molar-refractivity contribution in [3.05, 3.63) is 34.3 Å². The Morgan fingerprint density at radius 1 is 1.46 bits per heavy atom. The van der Waals surface area contributed by atoms with Gasteiger partial charge in [-0.3, -0.25) is 0 Å². The number of hydrogen-bond donors (Lipinski definition) is 1. The van der Waals surface area contributed by atoms with Crippen LogP contribution in [0, 0.1) is 0 Å². The topological polar surface area (TPSA) is 12.0 Å². The summed E-state index contributed by atoms with van der Waals surface area (Å²) in [6.45, 7) is 0.940. The molecule has 1 saturated heterocycles. The Morgan fingerprint density at radius 2 is 2.15 bits per heavy atom. The van der Waals surface area contributed by atoms with E-state index in [0.29, 0.717) is 0 Å². The monoisotopic (exact) mass is 243 g/mol. The van der Waals surface area contributed by atoms with Crippen molar-refractivity contribution in [2.24, 2.45) is 0 Å². The van der Waals surface area contributed by atoms with Crippen LogP contribution in [-0.2, 0) is 0 Å². The lowest BCUT2D eigenvalue weighted by atomic mass is 9.96. The fourth-order valence-corrected chi connectivity index (χ4v) is 1.98. The molecule has 0 saturated carbocycles. The average Bonchev–Trinajstić information content (AvgIpc) is 2.01. The molecule has 1 aliphatic rings. The third-order valence-corrected chi connectivity index (χ3v) is 3.14. The quantitative estimate of drug-likeness (QED) is 0.843. The van der Waals surface area contributed by atoms with Gasteiger partial charge in [0.2, 0.25) is 0 Å². The smallest absolute Gasteiger partial charge is 0.141 e. The fourth-order valence-electron chi connectivity index (χ4n) is 1.48. The highest BCUT2D eigenvalue weighted by atomic mass is 79.9. The molecule has 1 aromatic carbocycles. The van der Waals surface area contributed by atoms with E-state index in [2.05, 4.69) is 21.2 Å². The lowest BCUT2D eigenvalue weighted by Crippen LogP contribution is -2.45.